The number of hydrogen-bond acceptors (Lipinski definition) is 3. The van der Waals surface area contributed by atoms with Crippen LogP contribution in [-0.2, 0) is 26.0 Å². The maximum atomic E-state index is 6.37. The summed E-state index contributed by atoms with van der Waals surface area (Å²) in [4.78, 5) is 0. The smallest absolute Gasteiger partial charge is 0.142 e. The number of ether oxygens (including phenoxy) is 1. The number of halogens is 1. The van der Waals surface area contributed by atoms with E-state index in [0.717, 1.165) is 30.8 Å². The van der Waals surface area contributed by atoms with Crippen LogP contribution in [-0.4, -0.2) is 9.78 Å². The molecule has 0 saturated carbocycles. The SMILES string of the molecule is CCc1ccc(OCc2c(Cl)c(CC)nn2CC)c(N)c1. The Hall–Kier alpha value is -1.68. The third-order valence-electron chi connectivity index (χ3n) is 3.54. The average molecular weight is 308 g/mol. The van der Waals surface area contributed by atoms with Gasteiger partial charge in [0.1, 0.15) is 12.4 Å². The minimum Gasteiger partial charge on any atom is -0.485 e. The molecule has 1 aromatic carbocycles. The summed E-state index contributed by atoms with van der Waals surface area (Å²) in [6, 6.07) is 5.89. The van der Waals surface area contributed by atoms with Crippen LogP contribution in [0.1, 0.15) is 37.7 Å². The van der Waals surface area contributed by atoms with E-state index < -0.39 is 0 Å². The maximum Gasteiger partial charge on any atom is 0.142 e. The number of aryl methyl sites for hydroxylation is 3. The molecule has 2 aromatic rings. The average Bonchev–Trinajstić information content (AvgIpc) is 2.81. The molecule has 4 nitrogen and oxygen atoms in total. The molecule has 21 heavy (non-hydrogen) atoms. The van der Waals surface area contributed by atoms with Crippen molar-refractivity contribution in [2.24, 2.45) is 0 Å². The second kappa shape index (κ2) is 6.85. The first kappa shape index (κ1) is 15.7. The molecule has 2 N–H and O–H groups in total. The lowest BCUT2D eigenvalue weighted by Gasteiger charge is -2.11. The van der Waals surface area contributed by atoms with Crippen LogP contribution in [0.3, 0.4) is 0 Å². The number of hydrogen-bond donors (Lipinski definition) is 1. The minimum absolute atomic E-state index is 0.370. The van der Waals surface area contributed by atoms with E-state index in [1.165, 1.54) is 5.56 Å². The summed E-state index contributed by atoms with van der Waals surface area (Å²) in [7, 11) is 0. The van der Waals surface area contributed by atoms with Crippen molar-refractivity contribution in [2.45, 2.75) is 46.8 Å². The predicted molar refractivity (Wildman–Crippen MR) is 86.9 cm³/mol. The van der Waals surface area contributed by atoms with Crippen molar-refractivity contribution in [1.29, 1.82) is 0 Å². The molecular weight excluding hydrogens is 286 g/mol. The van der Waals surface area contributed by atoms with Crippen molar-refractivity contribution >= 4 is 17.3 Å². The normalized spacial score (nSPS) is 10.9. The van der Waals surface area contributed by atoms with Gasteiger partial charge in [-0.15, -0.1) is 0 Å². The van der Waals surface area contributed by atoms with Gasteiger partial charge in [0, 0.05) is 6.54 Å². The zero-order chi connectivity index (χ0) is 15.4. The molecular formula is C16H22ClN3O. The molecule has 0 amide bonds. The lowest BCUT2D eigenvalue weighted by Crippen LogP contribution is -2.07. The fraction of sp³-hybridized carbons (Fsp3) is 0.438. The molecule has 5 heteroatoms. The van der Waals surface area contributed by atoms with Crippen molar-refractivity contribution in [1.82, 2.24) is 9.78 Å². The Morgan fingerprint density at radius 3 is 2.57 bits per heavy atom. The van der Waals surface area contributed by atoms with Crippen molar-refractivity contribution in [3.05, 3.63) is 40.2 Å². The second-order valence-electron chi connectivity index (χ2n) is 4.89. The molecule has 0 aliphatic heterocycles. The van der Waals surface area contributed by atoms with Crippen molar-refractivity contribution in [3.63, 3.8) is 0 Å². The van der Waals surface area contributed by atoms with Crippen LogP contribution >= 0.6 is 11.6 Å². The van der Waals surface area contributed by atoms with Gasteiger partial charge in [0.25, 0.3) is 0 Å². The number of benzene rings is 1. The summed E-state index contributed by atoms with van der Waals surface area (Å²) in [5.41, 5.74) is 9.68. The van der Waals surface area contributed by atoms with Crippen molar-refractivity contribution in [2.75, 3.05) is 5.73 Å². The molecule has 114 valence electrons. The van der Waals surface area contributed by atoms with Crippen molar-refractivity contribution in [3.8, 4) is 5.75 Å². The zero-order valence-electron chi connectivity index (χ0n) is 12.8. The molecule has 0 radical (unpaired) electrons. The van der Waals surface area contributed by atoms with Crippen LogP contribution in [0.4, 0.5) is 5.69 Å². The standard InChI is InChI=1S/C16H22ClN3O/c1-4-11-7-8-15(12(18)9-11)21-10-14-16(17)13(5-2)19-20(14)6-3/h7-9H,4-6,10,18H2,1-3H3. The third-order valence-corrected chi connectivity index (χ3v) is 3.98. The predicted octanol–water partition coefficient (Wildman–Crippen LogP) is 3.84. The number of aromatic nitrogens is 2. The van der Waals surface area contributed by atoms with E-state index in [9.17, 15) is 0 Å². The maximum absolute atomic E-state index is 6.37. The van der Waals surface area contributed by atoms with Gasteiger partial charge >= 0.3 is 0 Å². The lowest BCUT2D eigenvalue weighted by molar-refractivity contribution is 0.294. The fourth-order valence-corrected chi connectivity index (χ4v) is 2.57. The van der Waals surface area contributed by atoms with Gasteiger partial charge in [-0.3, -0.25) is 4.68 Å². The number of nitrogen functional groups attached to an aromatic ring is 1. The first-order valence-electron chi connectivity index (χ1n) is 7.35. The molecule has 1 heterocycles. The Bertz CT molecular complexity index is 622. The number of anilines is 1. The van der Waals surface area contributed by atoms with Gasteiger partial charge in [-0.2, -0.15) is 5.10 Å². The summed E-state index contributed by atoms with van der Waals surface area (Å²) < 4.78 is 7.72. The van der Waals surface area contributed by atoms with E-state index in [-0.39, 0.29) is 0 Å². The summed E-state index contributed by atoms with van der Waals surface area (Å²) in [5, 5.41) is 5.18. The van der Waals surface area contributed by atoms with E-state index in [4.69, 9.17) is 22.1 Å². The van der Waals surface area contributed by atoms with Crippen LogP contribution in [0.5, 0.6) is 5.75 Å². The molecule has 2 rings (SSSR count). The highest BCUT2D eigenvalue weighted by atomic mass is 35.5. The van der Waals surface area contributed by atoms with Gasteiger partial charge in [0.2, 0.25) is 0 Å². The molecule has 0 aliphatic carbocycles. The van der Waals surface area contributed by atoms with Gasteiger partial charge in [-0.05, 0) is 37.5 Å². The lowest BCUT2D eigenvalue weighted by atomic mass is 10.1. The Morgan fingerprint density at radius 2 is 2.00 bits per heavy atom. The first-order chi connectivity index (χ1) is 10.1. The molecule has 0 aliphatic rings. The largest absolute Gasteiger partial charge is 0.485 e. The number of rotatable bonds is 6. The van der Waals surface area contributed by atoms with Gasteiger partial charge in [-0.1, -0.05) is 31.5 Å². The Kier molecular flexibility index (Phi) is 5.12. The Balaban J connectivity index is 2.18. The minimum atomic E-state index is 0.370. The van der Waals surface area contributed by atoms with Gasteiger partial charge in [-0.25, -0.2) is 0 Å². The molecule has 0 atom stereocenters. The van der Waals surface area contributed by atoms with Gasteiger partial charge in [0.05, 0.1) is 22.1 Å². The summed E-state index contributed by atoms with van der Waals surface area (Å²) in [6.45, 7) is 7.32. The molecule has 1 aromatic heterocycles. The molecule has 0 spiro atoms. The fourth-order valence-electron chi connectivity index (χ4n) is 2.25. The Labute approximate surface area is 130 Å². The van der Waals surface area contributed by atoms with E-state index in [1.807, 2.05) is 36.7 Å². The van der Waals surface area contributed by atoms with Crippen molar-refractivity contribution < 1.29 is 4.74 Å². The van der Waals surface area contributed by atoms with Crippen LogP contribution < -0.4 is 10.5 Å². The van der Waals surface area contributed by atoms with Gasteiger partial charge < -0.3 is 10.5 Å². The highest BCUT2D eigenvalue weighted by molar-refractivity contribution is 6.31. The quantitative estimate of drug-likeness (QED) is 0.825. The van der Waals surface area contributed by atoms with E-state index >= 15 is 0 Å². The summed E-state index contributed by atoms with van der Waals surface area (Å²) >= 11 is 6.37. The monoisotopic (exact) mass is 307 g/mol. The van der Waals surface area contributed by atoms with E-state index in [0.29, 0.717) is 23.1 Å². The molecule has 0 unspecified atom stereocenters. The van der Waals surface area contributed by atoms with Crippen LogP contribution in [0.2, 0.25) is 5.02 Å². The number of nitrogens with zero attached hydrogens (tertiary/aromatic N) is 2. The highest BCUT2D eigenvalue weighted by Crippen LogP contribution is 2.27. The Morgan fingerprint density at radius 1 is 1.24 bits per heavy atom. The second-order valence-corrected chi connectivity index (χ2v) is 5.27. The number of nitrogens with two attached hydrogens (primary N) is 1. The van der Waals surface area contributed by atoms with E-state index in [1.54, 1.807) is 0 Å². The zero-order valence-corrected chi connectivity index (χ0v) is 13.6. The van der Waals surface area contributed by atoms with Crippen LogP contribution in [0.15, 0.2) is 18.2 Å². The van der Waals surface area contributed by atoms with Crippen LogP contribution in [0.25, 0.3) is 0 Å². The highest BCUT2D eigenvalue weighted by Gasteiger charge is 2.15. The van der Waals surface area contributed by atoms with Crippen LogP contribution in [0, 0.1) is 0 Å². The third kappa shape index (κ3) is 3.32. The molecule has 0 bridgehead atoms. The molecule has 0 saturated heterocycles. The molecule has 0 fully saturated rings. The summed E-state index contributed by atoms with van der Waals surface area (Å²) in [6.07, 6.45) is 1.77. The topological polar surface area (TPSA) is 53.1 Å². The first-order valence-corrected chi connectivity index (χ1v) is 7.73. The summed E-state index contributed by atoms with van der Waals surface area (Å²) in [5.74, 6) is 0.685. The van der Waals surface area contributed by atoms with Gasteiger partial charge in [0.15, 0.2) is 0 Å². The van der Waals surface area contributed by atoms with E-state index in [2.05, 4.69) is 12.0 Å².